The Hall–Kier alpha value is -1.52. The molecule has 15 nitrogen and oxygen atoms in total. The van der Waals surface area contributed by atoms with Crippen LogP contribution in [0.5, 0.6) is 0 Å². The number of unbranched alkanes of at least 4 members (excludes halogenated alkanes) is 1. The Balaban J connectivity index is 2.22. The lowest BCUT2D eigenvalue weighted by Crippen LogP contribution is -2.62. The zero-order valence-corrected chi connectivity index (χ0v) is 36.2. The monoisotopic (exact) mass is 802 g/mol. The maximum absolute atomic E-state index is 14.3. The molecule has 3 rings (SSSR count). The molecule has 0 amide bonds. The normalized spacial score (nSPS) is 47.5. The molecule has 3 fully saturated rings. The van der Waals surface area contributed by atoms with Crippen LogP contribution in [0.1, 0.15) is 108 Å². The molecule has 3 aliphatic rings. The molecule has 3 heterocycles. The molecule has 0 aromatic rings. The molecule has 0 aromatic carbocycles. The number of carbonyl (C=O) groups is 1. The van der Waals surface area contributed by atoms with E-state index < -0.39 is 102 Å². The summed E-state index contributed by atoms with van der Waals surface area (Å²) in [4.78, 5) is 16.2. The second-order valence-corrected chi connectivity index (χ2v) is 18.0. The highest BCUT2D eigenvalue weighted by molar-refractivity contribution is 5.73. The zero-order chi connectivity index (χ0) is 42.5. The summed E-state index contributed by atoms with van der Waals surface area (Å²) in [5.74, 6) is -3.51. The van der Waals surface area contributed by atoms with Crippen molar-refractivity contribution >= 4 is 5.97 Å². The second kappa shape index (κ2) is 20.2. The fraction of sp³-hybridized carbons (Fsp3) is 0.951. The minimum Gasteiger partial charge on any atom is -0.459 e. The molecule has 19 atom stereocenters. The fourth-order valence-electron chi connectivity index (χ4n) is 9.43. The molecule has 0 bridgehead atoms. The molecule has 326 valence electrons. The van der Waals surface area contributed by atoms with Gasteiger partial charge in [-0.15, -0.1) is 0 Å². The Morgan fingerprint density at radius 3 is 2.18 bits per heavy atom. The van der Waals surface area contributed by atoms with Crippen LogP contribution in [0, 0.1) is 35.0 Å². The van der Waals surface area contributed by atoms with Crippen LogP contribution < -0.4 is 5.32 Å². The van der Waals surface area contributed by atoms with E-state index >= 15 is 0 Å². The van der Waals surface area contributed by atoms with Crippen molar-refractivity contribution in [2.75, 3.05) is 27.7 Å². The topological polar surface area (TPSA) is 213 Å². The van der Waals surface area contributed by atoms with E-state index in [1.807, 2.05) is 32.8 Å². The molecule has 0 radical (unpaired) electrons. The van der Waals surface area contributed by atoms with E-state index in [1.54, 1.807) is 48.5 Å². The predicted octanol–water partition coefficient (Wildman–Crippen LogP) is 2.48. The van der Waals surface area contributed by atoms with E-state index in [0.717, 1.165) is 0 Å². The van der Waals surface area contributed by atoms with Gasteiger partial charge in [0.05, 0.1) is 53.7 Å². The third-order valence-electron chi connectivity index (χ3n) is 13.0. The number of aliphatic hydroxyl groups excluding tert-OH is 3. The van der Waals surface area contributed by atoms with Crippen molar-refractivity contribution in [3.05, 3.63) is 0 Å². The van der Waals surface area contributed by atoms with E-state index in [4.69, 9.17) is 28.4 Å². The van der Waals surface area contributed by atoms with Crippen molar-refractivity contribution in [3.8, 4) is 6.07 Å². The van der Waals surface area contributed by atoms with Gasteiger partial charge in [0.1, 0.15) is 23.9 Å². The first kappa shape index (κ1) is 48.8. The molecule has 56 heavy (non-hydrogen) atoms. The van der Waals surface area contributed by atoms with Gasteiger partial charge in [-0.3, -0.25) is 4.79 Å². The van der Waals surface area contributed by atoms with Gasteiger partial charge in [0, 0.05) is 43.9 Å². The number of esters is 1. The van der Waals surface area contributed by atoms with Crippen LogP contribution in [0.3, 0.4) is 0 Å². The van der Waals surface area contributed by atoms with Crippen molar-refractivity contribution in [3.63, 3.8) is 0 Å². The number of nitriles is 1. The summed E-state index contributed by atoms with van der Waals surface area (Å²) < 4.78 is 37.7. The fourth-order valence-corrected chi connectivity index (χ4v) is 9.43. The first-order valence-corrected chi connectivity index (χ1v) is 20.6. The molecule has 6 N–H and O–H groups in total. The third-order valence-corrected chi connectivity index (χ3v) is 13.0. The van der Waals surface area contributed by atoms with Gasteiger partial charge >= 0.3 is 5.97 Å². The number of aliphatic hydroxyl groups is 5. The summed E-state index contributed by atoms with van der Waals surface area (Å²) in [5.41, 5.74) is -4.59. The van der Waals surface area contributed by atoms with Crippen molar-refractivity contribution in [2.45, 2.75) is 198 Å². The van der Waals surface area contributed by atoms with Crippen molar-refractivity contribution in [2.24, 2.45) is 23.7 Å². The number of ether oxygens (including phenoxy) is 6. The quantitative estimate of drug-likeness (QED) is 0.131. The largest absolute Gasteiger partial charge is 0.459 e. The van der Waals surface area contributed by atoms with Gasteiger partial charge in [-0.25, -0.2) is 0 Å². The van der Waals surface area contributed by atoms with Gasteiger partial charge in [0.2, 0.25) is 0 Å². The number of hydrogen-bond donors (Lipinski definition) is 6. The van der Waals surface area contributed by atoms with E-state index in [1.165, 1.54) is 14.0 Å². The smallest absolute Gasteiger partial charge is 0.311 e. The molecular weight excluding hydrogens is 726 g/mol. The average Bonchev–Trinajstić information content (AvgIpc) is 3.12. The standard InChI is InChI=1S/C41H75N3O12/c1-14-29-41(10,50)34(46)24(4)31(43-18-16-15-17-42)22(2)20-39(8,49)36(56-38-32(45)28(44(11)12)19-23(3)52-38)25(5)33(26(6)37(48)54-29)55-30-21-40(9,51-13)35(47)27(7)53-30/h22-36,38,43,45-47,49-50H,14-16,18-21H2,1-13H3/t22-,23-,24+,25+,26-,27+,28+,29?,30+,31+,32-,33?,34-,35+,36-,38+,39-,40-,41-/m1/s1. The summed E-state index contributed by atoms with van der Waals surface area (Å²) in [6.07, 6.45) is -7.95. The van der Waals surface area contributed by atoms with Crippen LogP contribution in [-0.4, -0.2) is 154 Å². The SMILES string of the molecule is CCC1OC(=O)[C@H](C)C(O[C@H]2C[C@@](C)(OC)[C@@H](O)[C@H](C)O2)[C@H](C)[C@@H](O[C@@H]2O[C@H](C)C[C@H](N(C)C)[C@H]2O)[C@](C)(O)C[C@@H](C)[C@H](NCCCC#N)[C@H](C)[C@@H](O)[C@]1(C)O. The molecule has 0 saturated carbocycles. The Bertz CT molecular complexity index is 1280. The maximum Gasteiger partial charge on any atom is 0.311 e. The van der Waals surface area contributed by atoms with E-state index in [9.17, 15) is 35.6 Å². The molecule has 15 heteroatoms. The highest BCUT2D eigenvalue weighted by Gasteiger charge is 2.53. The minimum atomic E-state index is -1.87. The molecular formula is C41H75N3O12. The lowest BCUT2D eigenvalue weighted by atomic mass is 9.72. The molecule has 3 aliphatic heterocycles. The second-order valence-electron chi connectivity index (χ2n) is 18.0. The number of nitrogens with one attached hydrogen (secondary N) is 1. The van der Waals surface area contributed by atoms with Crippen LogP contribution in [0.25, 0.3) is 0 Å². The number of likely N-dealkylation sites (N-methyl/N-ethyl adjacent to an activating group) is 1. The van der Waals surface area contributed by atoms with Gasteiger partial charge in [0.25, 0.3) is 0 Å². The van der Waals surface area contributed by atoms with Crippen LogP contribution in [0.4, 0.5) is 0 Å². The Morgan fingerprint density at radius 2 is 1.61 bits per heavy atom. The van der Waals surface area contributed by atoms with Crippen LogP contribution >= 0.6 is 0 Å². The van der Waals surface area contributed by atoms with E-state index in [0.29, 0.717) is 25.8 Å². The number of cyclic esters (lactones) is 1. The highest BCUT2D eigenvalue weighted by atomic mass is 16.7. The van der Waals surface area contributed by atoms with E-state index in [2.05, 4.69) is 11.4 Å². The van der Waals surface area contributed by atoms with Gasteiger partial charge in [-0.05, 0) is 93.8 Å². The van der Waals surface area contributed by atoms with Crippen LogP contribution in [-0.2, 0) is 33.2 Å². The van der Waals surface area contributed by atoms with E-state index in [-0.39, 0.29) is 37.3 Å². The number of nitrogens with zero attached hydrogens (tertiary/aromatic N) is 2. The van der Waals surface area contributed by atoms with Gasteiger partial charge in [0.15, 0.2) is 12.6 Å². The van der Waals surface area contributed by atoms with Crippen molar-refractivity contribution in [1.82, 2.24) is 10.2 Å². The Labute approximate surface area is 335 Å². The molecule has 3 saturated heterocycles. The Kier molecular flexibility index (Phi) is 17.6. The van der Waals surface area contributed by atoms with Crippen molar-refractivity contribution in [1.29, 1.82) is 5.26 Å². The van der Waals surface area contributed by atoms with Crippen LogP contribution in [0.2, 0.25) is 0 Å². The van der Waals surface area contributed by atoms with Crippen molar-refractivity contribution < 1.29 is 58.7 Å². The lowest BCUT2D eigenvalue weighted by Gasteiger charge is -2.49. The zero-order valence-electron chi connectivity index (χ0n) is 36.2. The minimum absolute atomic E-state index is 0.111. The Morgan fingerprint density at radius 1 is 0.964 bits per heavy atom. The number of methoxy groups -OCH3 is 1. The molecule has 0 aliphatic carbocycles. The van der Waals surface area contributed by atoms with Gasteiger partial charge < -0.3 is 64.2 Å². The molecule has 0 aromatic heterocycles. The predicted molar refractivity (Wildman–Crippen MR) is 208 cm³/mol. The number of rotatable bonds is 11. The average molecular weight is 802 g/mol. The first-order chi connectivity index (χ1) is 26.0. The summed E-state index contributed by atoms with van der Waals surface area (Å²) >= 11 is 0. The lowest BCUT2D eigenvalue weighted by molar-refractivity contribution is -0.318. The summed E-state index contributed by atoms with van der Waals surface area (Å²) in [7, 11) is 5.25. The number of carbonyl (C=O) groups excluding carboxylic acids is 1. The molecule has 0 spiro atoms. The first-order valence-electron chi connectivity index (χ1n) is 20.6. The van der Waals surface area contributed by atoms with Gasteiger partial charge in [-0.2, -0.15) is 5.26 Å². The van der Waals surface area contributed by atoms with Gasteiger partial charge in [-0.1, -0.05) is 27.7 Å². The number of hydrogen-bond acceptors (Lipinski definition) is 15. The third kappa shape index (κ3) is 11.2. The summed E-state index contributed by atoms with van der Waals surface area (Å²) in [6, 6.07) is 1.37. The van der Waals surface area contributed by atoms with Crippen LogP contribution in [0.15, 0.2) is 0 Å². The maximum atomic E-state index is 14.3. The summed E-state index contributed by atoms with van der Waals surface area (Å²) in [6.45, 7) is 17.9. The molecule has 2 unspecified atom stereocenters. The summed E-state index contributed by atoms with van der Waals surface area (Å²) in [5, 5.41) is 71.9. The highest BCUT2D eigenvalue weighted by Crippen LogP contribution is 2.41.